The van der Waals surface area contributed by atoms with Gasteiger partial charge in [-0.25, -0.2) is 9.18 Å². The van der Waals surface area contributed by atoms with Gasteiger partial charge in [-0.1, -0.05) is 23.9 Å². The van der Waals surface area contributed by atoms with E-state index in [2.05, 4.69) is 14.9 Å². The lowest BCUT2D eigenvalue weighted by Crippen LogP contribution is -2.16. The number of benzene rings is 1. The summed E-state index contributed by atoms with van der Waals surface area (Å²) in [5.41, 5.74) is -0.114. The number of rotatable bonds is 5. The zero-order chi connectivity index (χ0) is 15.4. The Labute approximate surface area is 123 Å². The van der Waals surface area contributed by atoms with Crippen LogP contribution in [-0.4, -0.2) is 26.6 Å². The van der Waals surface area contributed by atoms with E-state index in [9.17, 15) is 14.0 Å². The minimum absolute atomic E-state index is 0.0941. The highest BCUT2D eigenvalue weighted by atomic mass is 32.1. The van der Waals surface area contributed by atoms with Crippen LogP contribution in [0.5, 0.6) is 0 Å². The van der Waals surface area contributed by atoms with Gasteiger partial charge in [-0.2, -0.15) is 0 Å². The van der Waals surface area contributed by atoms with Gasteiger partial charge in [0.1, 0.15) is 16.3 Å². The molecule has 0 aliphatic heterocycles. The number of carbonyl (C=O) groups is 2. The summed E-state index contributed by atoms with van der Waals surface area (Å²) in [6.45, 7) is 1.94. The van der Waals surface area contributed by atoms with Gasteiger partial charge in [-0.15, -0.1) is 5.10 Å². The number of aromatic carboxylic acids is 1. The third kappa shape index (κ3) is 3.22. The highest BCUT2D eigenvalue weighted by molar-refractivity contribution is 7.08. The highest BCUT2D eigenvalue weighted by Crippen LogP contribution is 2.21. The minimum atomic E-state index is -1.44. The Hall–Kier alpha value is -2.35. The number of hydrogen-bond donors (Lipinski definition) is 2. The van der Waals surface area contributed by atoms with Gasteiger partial charge in [0.25, 0.3) is 5.91 Å². The maximum atomic E-state index is 13.5. The lowest BCUT2D eigenvalue weighted by atomic mass is 10.1. The first-order valence-electron chi connectivity index (χ1n) is 6.19. The van der Waals surface area contributed by atoms with Gasteiger partial charge in [0, 0.05) is 0 Å². The van der Waals surface area contributed by atoms with E-state index >= 15 is 0 Å². The second kappa shape index (κ2) is 6.40. The maximum absolute atomic E-state index is 13.5. The molecule has 0 fully saturated rings. The molecular formula is C13H12FN3O3S. The predicted molar refractivity (Wildman–Crippen MR) is 75.2 cm³/mol. The number of hydrogen-bond acceptors (Lipinski definition) is 5. The van der Waals surface area contributed by atoms with E-state index in [1.165, 1.54) is 12.1 Å². The zero-order valence-corrected chi connectivity index (χ0v) is 11.9. The van der Waals surface area contributed by atoms with E-state index in [-0.39, 0.29) is 5.69 Å². The smallest absolute Gasteiger partial charge is 0.340 e. The standard InChI is InChI=1S/C13H12FN3O3S/c1-2-4-9-11(21-17-16-9)12(18)15-8-6-3-5-7(14)10(8)13(19)20/h3,5-6H,2,4H2,1H3,(H,15,18)(H,19,20). The maximum Gasteiger partial charge on any atom is 0.340 e. The zero-order valence-electron chi connectivity index (χ0n) is 11.1. The topological polar surface area (TPSA) is 92.2 Å². The van der Waals surface area contributed by atoms with E-state index < -0.39 is 23.3 Å². The van der Waals surface area contributed by atoms with Crippen molar-refractivity contribution in [3.63, 3.8) is 0 Å². The summed E-state index contributed by atoms with van der Waals surface area (Å²) >= 11 is 0.921. The van der Waals surface area contributed by atoms with Gasteiger partial charge < -0.3 is 10.4 Å². The van der Waals surface area contributed by atoms with Crippen LogP contribution in [0.3, 0.4) is 0 Å². The molecule has 0 saturated heterocycles. The molecule has 0 bridgehead atoms. The molecule has 0 saturated carbocycles. The van der Waals surface area contributed by atoms with Gasteiger partial charge in [0.15, 0.2) is 0 Å². The third-order valence-corrected chi connectivity index (χ3v) is 3.49. The van der Waals surface area contributed by atoms with E-state index in [1.54, 1.807) is 0 Å². The molecule has 0 unspecified atom stereocenters. The molecule has 21 heavy (non-hydrogen) atoms. The Kier molecular flexibility index (Phi) is 4.59. The van der Waals surface area contributed by atoms with Crippen LogP contribution in [0.1, 0.15) is 39.1 Å². The Morgan fingerprint density at radius 1 is 1.43 bits per heavy atom. The Morgan fingerprint density at radius 2 is 2.19 bits per heavy atom. The summed E-state index contributed by atoms with van der Waals surface area (Å²) in [5.74, 6) is -2.89. The summed E-state index contributed by atoms with van der Waals surface area (Å²) in [4.78, 5) is 23.5. The second-order valence-electron chi connectivity index (χ2n) is 4.22. The van der Waals surface area contributed by atoms with Crippen molar-refractivity contribution in [2.24, 2.45) is 0 Å². The molecule has 0 aliphatic rings. The van der Waals surface area contributed by atoms with Crippen LogP contribution in [0.4, 0.5) is 10.1 Å². The SMILES string of the molecule is CCCc1nnsc1C(=O)Nc1cccc(F)c1C(=O)O. The van der Waals surface area contributed by atoms with Gasteiger partial charge in [-0.3, -0.25) is 4.79 Å². The van der Waals surface area contributed by atoms with Crippen LogP contribution in [-0.2, 0) is 6.42 Å². The molecule has 8 heteroatoms. The molecule has 1 aromatic carbocycles. The Bertz CT molecular complexity index is 687. The largest absolute Gasteiger partial charge is 0.478 e. The van der Waals surface area contributed by atoms with Gasteiger partial charge in [0.05, 0.1) is 11.4 Å². The average molecular weight is 309 g/mol. The number of aromatic nitrogens is 2. The molecule has 1 amide bonds. The van der Waals surface area contributed by atoms with E-state index in [0.717, 1.165) is 24.0 Å². The van der Waals surface area contributed by atoms with Crippen LogP contribution < -0.4 is 5.32 Å². The number of amides is 1. The number of carboxylic acid groups (broad SMARTS) is 1. The van der Waals surface area contributed by atoms with Crippen molar-refractivity contribution in [1.82, 2.24) is 9.59 Å². The Morgan fingerprint density at radius 3 is 2.86 bits per heavy atom. The molecule has 110 valence electrons. The predicted octanol–water partition coefficient (Wildman–Crippen LogP) is 2.58. The molecule has 6 nitrogen and oxygen atoms in total. The van der Waals surface area contributed by atoms with Crippen molar-refractivity contribution >= 4 is 29.1 Å². The van der Waals surface area contributed by atoms with Crippen molar-refractivity contribution in [1.29, 1.82) is 0 Å². The van der Waals surface area contributed by atoms with Crippen LogP contribution in [0.25, 0.3) is 0 Å². The number of carbonyl (C=O) groups excluding carboxylic acids is 1. The summed E-state index contributed by atoms with van der Waals surface area (Å²) in [7, 11) is 0. The van der Waals surface area contributed by atoms with Crippen molar-refractivity contribution in [2.75, 3.05) is 5.32 Å². The summed E-state index contributed by atoms with van der Waals surface area (Å²) < 4.78 is 17.3. The normalized spacial score (nSPS) is 10.4. The third-order valence-electron chi connectivity index (χ3n) is 2.72. The first-order chi connectivity index (χ1) is 10.0. The molecule has 2 rings (SSSR count). The monoisotopic (exact) mass is 309 g/mol. The van der Waals surface area contributed by atoms with Crippen LogP contribution in [0.2, 0.25) is 0 Å². The summed E-state index contributed by atoms with van der Waals surface area (Å²) in [5, 5.41) is 15.3. The summed E-state index contributed by atoms with van der Waals surface area (Å²) in [6.07, 6.45) is 1.39. The molecule has 2 N–H and O–H groups in total. The number of nitrogens with one attached hydrogen (secondary N) is 1. The van der Waals surface area contributed by atoms with Crippen molar-refractivity contribution < 1.29 is 19.1 Å². The molecule has 0 aliphatic carbocycles. The van der Waals surface area contributed by atoms with Crippen molar-refractivity contribution in [3.8, 4) is 0 Å². The van der Waals surface area contributed by atoms with Crippen LogP contribution in [0.15, 0.2) is 18.2 Å². The van der Waals surface area contributed by atoms with E-state index in [4.69, 9.17) is 5.11 Å². The molecular weight excluding hydrogens is 297 g/mol. The van der Waals surface area contributed by atoms with E-state index in [1.807, 2.05) is 6.92 Å². The van der Waals surface area contributed by atoms with Gasteiger partial charge >= 0.3 is 5.97 Å². The number of aryl methyl sites for hydroxylation is 1. The minimum Gasteiger partial charge on any atom is -0.478 e. The number of carboxylic acids is 1. The highest BCUT2D eigenvalue weighted by Gasteiger charge is 2.20. The first-order valence-corrected chi connectivity index (χ1v) is 6.96. The van der Waals surface area contributed by atoms with Crippen molar-refractivity contribution in [2.45, 2.75) is 19.8 Å². The molecule has 1 heterocycles. The quantitative estimate of drug-likeness (QED) is 0.885. The molecule has 1 aromatic heterocycles. The van der Waals surface area contributed by atoms with Crippen LogP contribution in [0, 0.1) is 5.82 Å². The van der Waals surface area contributed by atoms with Crippen LogP contribution >= 0.6 is 11.5 Å². The fourth-order valence-electron chi connectivity index (χ4n) is 1.81. The molecule has 2 aromatic rings. The second-order valence-corrected chi connectivity index (χ2v) is 4.97. The Balaban J connectivity index is 2.30. The van der Waals surface area contributed by atoms with Crippen molar-refractivity contribution in [3.05, 3.63) is 40.2 Å². The molecule has 0 atom stereocenters. The fraction of sp³-hybridized carbons (Fsp3) is 0.231. The molecule has 0 spiro atoms. The van der Waals surface area contributed by atoms with Gasteiger partial charge in [-0.05, 0) is 30.1 Å². The van der Waals surface area contributed by atoms with E-state index in [0.29, 0.717) is 17.0 Å². The first kappa shape index (κ1) is 15.0. The summed E-state index contributed by atoms with van der Waals surface area (Å²) in [6, 6.07) is 3.68. The number of halogens is 1. The lowest BCUT2D eigenvalue weighted by molar-refractivity contribution is 0.0693. The molecule has 0 radical (unpaired) electrons. The van der Waals surface area contributed by atoms with Gasteiger partial charge in [0.2, 0.25) is 0 Å². The fourth-order valence-corrected chi connectivity index (χ4v) is 2.41. The number of nitrogens with zero attached hydrogens (tertiary/aromatic N) is 2. The average Bonchev–Trinajstić information content (AvgIpc) is 2.87. The lowest BCUT2D eigenvalue weighted by Gasteiger charge is -2.08. The number of anilines is 1.